The van der Waals surface area contributed by atoms with E-state index in [1.807, 2.05) is 13.0 Å². The maximum absolute atomic E-state index is 11.3. The largest absolute Gasteiger partial charge is 0.496 e. The molecular formula is C16H27NO3S. The fourth-order valence-corrected chi connectivity index (χ4v) is 3.06. The molecule has 0 bridgehead atoms. The normalized spacial score (nSPS) is 13.1. The second-order valence-corrected chi connectivity index (χ2v) is 7.77. The second-order valence-electron chi connectivity index (χ2n) is 5.51. The third-order valence-corrected chi connectivity index (χ3v) is 4.50. The van der Waals surface area contributed by atoms with E-state index < -0.39 is 9.84 Å². The summed E-state index contributed by atoms with van der Waals surface area (Å²) in [4.78, 5) is 0. The van der Waals surface area contributed by atoms with Crippen LogP contribution in [0.3, 0.4) is 0 Å². The maximum Gasteiger partial charge on any atom is 0.147 e. The van der Waals surface area contributed by atoms with Gasteiger partial charge >= 0.3 is 0 Å². The molecule has 120 valence electrons. The van der Waals surface area contributed by atoms with Crippen molar-refractivity contribution in [3.8, 4) is 5.75 Å². The molecule has 1 N–H and O–H groups in total. The fourth-order valence-electron chi connectivity index (χ4n) is 2.37. The van der Waals surface area contributed by atoms with E-state index in [-0.39, 0.29) is 11.8 Å². The van der Waals surface area contributed by atoms with Gasteiger partial charge in [-0.25, -0.2) is 8.42 Å². The minimum Gasteiger partial charge on any atom is -0.496 e. The molecule has 0 aliphatic heterocycles. The van der Waals surface area contributed by atoms with E-state index in [0.717, 1.165) is 30.7 Å². The molecule has 0 heterocycles. The minimum absolute atomic E-state index is 0.191. The molecule has 1 atom stereocenters. The second kappa shape index (κ2) is 8.39. The Balaban J connectivity index is 2.78. The number of benzene rings is 1. The van der Waals surface area contributed by atoms with Crippen LogP contribution >= 0.6 is 0 Å². The van der Waals surface area contributed by atoms with E-state index in [0.29, 0.717) is 6.42 Å². The maximum atomic E-state index is 11.3. The number of aryl methyl sites for hydroxylation is 1. The Hall–Kier alpha value is -1.07. The first-order chi connectivity index (χ1) is 9.87. The highest BCUT2D eigenvalue weighted by Crippen LogP contribution is 2.25. The molecular weight excluding hydrogens is 286 g/mol. The lowest BCUT2D eigenvalue weighted by molar-refractivity contribution is 0.410. The average molecular weight is 313 g/mol. The van der Waals surface area contributed by atoms with Crippen LogP contribution in [0, 0.1) is 6.92 Å². The van der Waals surface area contributed by atoms with Crippen LogP contribution in [0.2, 0.25) is 0 Å². The van der Waals surface area contributed by atoms with Crippen molar-refractivity contribution in [3.05, 3.63) is 29.3 Å². The molecule has 1 aromatic rings. The van der Waals surface area contributed by atoms with Crippen LogP contribution in [0.25, 0.3) is 0 Å². The van der Waals surface area contributed by atoms with Gasteiger partial charge in [-0.05, 0) is 49.9 Å². The van der Waals surface area contributed by atoms with Gasteiger partial charge in [0, 0.05) is 18.1 Å². The monoisotopic (exact) mass is 313 g/mol. The highest BCUT2D eigenvalue weighted by molar-refractivity contribution is 7.90. The van der Waals surface area contributed by atoms with Crippen molar-refractivity contribution in [3.63, 3.8) is 0 Å². The third kappa shape index (κ3) is 6.48. The number of ether oxygens (including phenoxy) is 1. The zero-order valence-electron chi connectivity index (χ0n) is 13.5. The topological polar surface area (TPSA) is 55.4 Å². The Morgan fingerprint density at radius 3 is 2.57 bits per heavy atom. The van der Waals surface area contributed by atoms with Crippen LogP contribution in [0.15, 0.2) is 18.2 Å². The lowest BCUT2D eigenvalue weighted by Crippen LogP contribution is -2.23. The van der Waals surface area contributed by atoms with Gasteiger partial charge in [0.25, 0.3) is 0 Å². The summed E-state index contributed by atoms with van der Waals surface area (Å²) in [5, 5.41) is 3.50. The van der Waals surface area contributed by atoms with Crippen molar-refractivity contribution in [1.29, 1.82) is 0 Å². The van der Waals surface area contributed by atoms with Crippen molar-refractivity contribution in [2.24, 2.45) is 0 Å². The van der Waals surface area contributed by atoms with Crippen LogP contribution in [0.1, 0.15) is 43.4 Å². The summed E-state index contributed by atoms with van der Waals surface area (Å²) in [5.41, 5.74) is 2.29. The van der Waals surface area contributed by atoms with Crippen molar-refractivity contribution < 1.29 is 13.2 Å². The zero-order valence-corrected chi connectivity index (χ0v) is 14.3. The summed E-state index contributed by atoms with van der Waals surface area (Å²) in [6.45, 7) is 5.07. The molecule has 21 heavy (non-hydrogen) atoms. The standard InChI is InChI=1S/C16H27NO3S/c1-5-10-17-15(7-6-11-21(4,18)19)14-8-9-16(20-3)13(2)12-14/h8-9,12,15,17H,5-7,10-11H2,1-4H3. The van der Waals surface area contributed by atoms with Gasteiger partial charge in [0.05, 0.1) is 7.11 Å². The number of rotatable bonds is 9. The van der Waals surface area contributed by atoms with Gasteiger partial charge in [-0.3, -0.25) is 0 Å². The summed E-state index contributed by atoms with van der Waals surface area (Å²) >= 11 is 0. The lowest BCUT2D eigenvalue weighted by atomic mass is 10.00. The molecule has 0 aliphatic carbocycles. The Kier molecular flexibility index (Phi) is 7.18. The summed E-state index contributed by atoms with van der Waals surface area (Å²) < 4.78 is 27.8. The third-order valence-electron chi connectivity index (χ3n) is 3.47. The molecule has 4 nitrogen and oxygen atoms in total. The Labute approximate surface area is 128 Å². The fraction of sp³-hybridized carbons (Fsp3) is 0.625. The Morgan fingerprint density at radius 2 is 2.05 bits per heavy atom. The van der Waals surface area contributed by atoms with E-state index in [9.17, 15) is 8.42 Å². The predicted octanol–water partition coefficient (Wildman–Crippen LogP) is 2.87. The van der Waals surface area contributed by atoms with E-state index in [4.69, 9.17) is 4.74 Å². The van der Waals surface area contributed by atoms with Crippen molar-refractivity contribution in [1.82, 2.24) is 5.32 Å². The summed E-state index contributed by atoms with van der Waals surface area (Å²) in [6, 6.07) is 6.34. The van der Waals surface area contributed by atoms with Crippen LogP contribution in [0.5, 0.6) is 5.75 Å². The van der Waals surface area contributed by atoms with Crippen molar-refractivity contribution in [2.45, 2.75) is 39.2 Å². The van der Waals surface area contributed by atoms with Gasteiger partial charge < -0.3 is 10.1 Å². The van der Waals surface area contributed by atoms with E-state index in [2.05, 4.69) is 24.4 Å². The van der Waals surface area contributed by atoms with Crippen LogP contribution < -0.4 is 10.1 Å². The first-order valence-corrected chi connectivity index (χ1v) is 9.49. The van der Waals surface area contributed by atoms with E-state index in [1.165, 1.54) is 11.8 Å². The molecule has 0 spiro atoms. The number of hydrogen-bond acceptors (Lipinski definition) is 4. The molecule has 0 fully saturated rings. The van der Waals surface area contributed by atoms with Gasteiger partial charge in [0.2, 0.25) is 0 Å². The molecule has 5 heteroatoms. The van der Waals surface area contributed by atoms with Gasteiger partial charge in [-0.2, -0.15) is 0 Å². The molecule has 0 amide bonds. The van der Waals surface area contributed by atoms with Gasteiger partial charge in [0.1, 0.15) is 15.6 Å². The molecule has 0 radical (unpaired) electrons. The van der Waals surface area contributed by atoms with Gasteiger partial charge in [-0.15, -0.1) is 0 Å². The summed E-state index contributed by atoms with van der Waals surface area (Å²) in [7, 11) is -1.22. The summed E-state index contributed by atoms with van der Waals surface area (Å²) in [5.74, 6) is 1.12. The van der Waals surface area contributed by atoms with Crippen LogP contribution in [-0.4, -0.2) is 34.1 Å². The molecule has 1 aromatic carbocycles. The average Bonchev–Trinajstić information content (AvgIpc) is 2.41. The summed E-state index contributed by atoms with van der Waals surface area (Å²) in [6.07, 6.45) is 3.83. The first kappa shape index (κ1) is 18.0. The molecule has 0 saturated heterocycles. The number of hydrogen-bond donors (Lipinski definition) is 1. The molecule has 0 aromatic heterocycles. The van der Waals surface area contributed by atoms with Crippen LogP contribution in [0.4, 0.5) is 0 Å². The van der Waals surface area contributed by atoms with Crippen LogP contribution in [-0.2, 0) is 9.84 Å². The molecule has 0 saturated carbocycles. The van der Waals surface area contributed by atoms with Gasteiger partial charge in [0.15, 0.2) is 0 Å². The number of nitrogens with one attached hydrogen (secondary N) is 1. The minimum atomic E-state index is -2.89. The lowest BCUT2D eigenvalue weighted by Gasteiger charge is -2.20. The molecule has 0 aliphatic rings. The first-order valence-electron chi connectivity index (χ1n) is 7.43. The Morgan fingerprint density at radius 1 is 1.33 bits per heavy atom. The zero-order chi connectivity index (χ0) is 15.9. The number of sulfone groups is 1. The predicted molar refractivity (Wildman–Crippen MR) is 87.7 cm³/mol. The van der Waals surface area contributed by atoms with E-state index >= 15 is 0 Å². The Bertz CT molecular complexity index is 540. The highest BCUT2D eigenvalue weighted by atomic mass is 32.2. The molecule has 1 rings (SSSR count). The quantitative estimate of drug-likeness (QED) is 0.761. The van der Waals surface area contributed by atoms with Crippen molar-refractivity contribution >= 4 is 9.84 Å². The smallest absolute Gasteiger partial charge is 0.147 e. The SMILES string of the molecule is CCCNC(CCCS(C)(=O)=O)c1ccc(OC)c(C)c1. The van der Waals surface area contributed by atoms with Gasteiger partial charge in [-0.1, -0.05) is 19.1 Å². The molecule has 1 unspecified atom stereocenters. The number of methoxy groups -OCH3 is 1. The highest BCUT2D eigenvalue weighted by Gasteiger charge is 2.13. The van der Waals surface area contributed by atoms with Crippen molar-refractivity contribution in [2.75, 3.05) is 25.7 Å². The van der Waals surface area contributed by atoms with E-state index in [1.54, 1.807) is 7.11 Å².